The first kappa shape index (κ1) is 20.3. The number of carbonyl (C=O) groups excluding carboxylic acids is 1. The quantitative estimate of drug-likeness (QED) is 0.211. The molecule has 5 heteroatoms. The van der Waals surface area contributed by atoms with Crippen molar-refractivity contribution in [1.82, 2.24) is 0 Å². The van der Waals surface area contributed by atoms with Crippen molar-refractivity contribution in [1.29, 1.82) is 0 Å². The van der Waals surface area contributed by atoms with Crippen LogP contribution in [0, 0.1) is 0 Å². The molecule has 0 aliphatic carbocycles. The second-order valence-corrected chi connectivity index (χ2v) is 6.46. The Hall–Kier alpha value is -1.97. The molecule has 0 saturated carbocycles. The van der Waals surface area contributed by atoms with Crippen LogP contribution in [0.25, 0.3) is 5.57 Å². The molecule has 0 saturated heterocycles. The van der Waals surface area contributed by atoms with E-state index in [4.69, 9.17) is 32.7 Å². The van der Waals surface area contributed by atoms with Gasteiger partial charge in [-0.1, -0.05) is 23.7 Å². The number of alkyl halides is 1. The Morgan fingerprint density at radius 1 is 1.00 bits per heavy atom. The summed E-state index contributed by atoms with van der Waals surface area (Å²) in [6.07, 6.45) is 4.15. The van der Waals surface area contributed by atoms with Crippen LogP contribution in [0.2, 0.25) is 5.02 Å². The van der Waals surface area contributed by atoms with Gasteiger partial charge in [-0.2, -0.15) is 0 Å². The number of ether oxygens (including phenoxy) is 2. The van der Waals surface area contributed by atoms with Gasteiger partial charge in [0.05, 0.1) is 6.61 Å². The zero-order valence-electron chi connectivity index (χ0n) is 14.7. The molecular formula is C21H22Cl2O3. The lowest BCUT2D eigenvalue weighted by Gasteiger charge is -2.10. The fraction of sp³-hybridized carbons (Fsp3) is 0.286. The highest BCUT2D eigenvalue weighted by Gasteiger charge is 2.07. The average Bonchev–Trinajstić information content (AvgIpc) is 2.64. The topological polar surface area (TPSA) is 35.5 Å². The molecule has 0 aliphatic rings. The van der Waals surface area contributed by atoms with Crippen molar-refractivity contribution in [3.8, 4) is 11.5 Å². The number of benzene rings is 2. The molecule has 0 aromatic heterocycles. The first-order valence-corrected chi connectivity index (χ1v) is 9.50. The summed E-state index contributed by atoms with van der Waals surface area (Å²) in [5.74, 6) is 1.72. The largest absolute Gasteiger partial charge is 0.463 e. The number of carbonyl (C=O) groups is 1. The molecule has 0 aliphatic heterocycles. The molecule has 0 radical (unpaired) electrons. The molecule has 0 N–H and O–H groups in total. The first-order valence-electron chi connectivity index (χ1n) is 8.59. The van der Waals surface area contributed by atoms with E-state index in [1.807, 2.05) is 36.4 Å². The van der Waals surface area contributed by atoms with Gasteiger partial charge in [0.15, 0.2) is 0 Å². The highest BCUT2D eigenvalue weighted by Crippen LogP contribution is 2.27. The van der Waals surface area contributed by atoms with Gasteiger partial charge in [0.1, 0.15) is 11.5 Å². The summed E-state index contributed by atoms with van der Waals surface area (Å²) in [7, 11) is 0. The minimum atomic E-state index is -0.324. The molecule has 3 nitrogen and oxygen atoms in total. The third kappa shape index (κ3) is 6.74. The lowest BCUT2D eigenvalue weighted by molar-refractivity contribution is -0.137. The standard InChI is InChI=1S/C21H22Cl2O3/c1-2-25-21(24)15-17(5-3-4-14-22)16-6-10-19(11-7-16)26-20-12-8-18(23)9-13-20/h6-13,15H,2-5,14H2,1H3. The Kier molecular flexibility index (Phi) is 8.52. The molecule has 2 rings (SSSR count). The van der Waals surface area contributed by atoms with Gasteiger partial charge in [0.2, 0.25) is 0 Å². The van der Waals surface area contributed by atoms with Gasteiger partial charge >= 0.3 is 5.97 Å². The van der Waals surface area contributed by atoms with E-state index in [9.17, 15) is 4.79 Å². The van der Waals surface area contributed by atoms with E-state index in [-0.39, 0.29) is 5.97 Å². The Morgan fingerprint density at radius 3 is 2.19 bits per heavy atom. The van der Waals surface area contributed by atoms with Crippen LogP contribution in [0.4, 0.5) is 0 Å². The molecule has 0 spiro atoms. The molecule has 2 aromatic carbocycles. The van der Waals surface area contributed by atoms with E-state index >= 15 is 0 Å². The highest BCUT2D eigenvalue weighted by molar-refractivity contribution is 6.30. The van der Waals surface area contributed by atoms with Crippen LogP contribution >= 0.6 is 23.2 Å². The Balaban J connectivity index is 2.12. The third-order valence-electron chi connectivity index (χ3n) is 3.68. The predicted molar refractivity (Wildman–Crippen MR) is 107 cm³/mol. The molecule has 0 atom stereocenters. The molecule has 0 fully saturated rings. The minimum absolute atomic E-state index is 0.324. The summed E-state index contributed by atoms with van der Waals surface area (Å²) >= 11 is 11.6. The van der Waals surface area contributed by atoms with Gasteiger partial charge < -0.3 is 9.47 Å². The minimum Gasteiger partial charge on any atom is -0.463 e. The van der Waals surface area contributed by atoms with Crippen LogP contribution in [0.1, 0.15) is 31.7 Å². The molecule has 0 unspecified atom stereocenters. The molecule has 0 heterocycles. The summed E-state index contributed by atoms with van der Waals surface area (Å²) in [5, 5.41) is 0.665. The number of rotatable bonds is 9. The van der Waals surface area contributed by atoms with Crippen molar-refractivity contribution in [3.63, 3.8) is 0 Å². The summed E-state index contributed by atoms with van der Waals surface area (Å²) in [4.78, 5) is 11.8. The van der Waals surface area contributed by atoms with E-state index in [1.165, 1.54) is 0 Å². The number of halogens is 2. The molecule has 138 valence electrons. The van der Waals surface area contributed by atoms with Gasteiger partial charge in [-0.15, -0.1) is 11.6 Å². The van der Waals surface area contributed by atoms with Gasteiger partial charge in [-0.05, 0) is 73.7 Å². The monoisotopic (exact) mass is 392 g/mol. The van der Waals surface area contributed by atoms with Gasteiger partial charge in [-0.3, -0.25) is 0 Å². The van der Waals surface area contributed by atoms with Gasteiger partial charge in [0, 0.05) is 17.0 Å². The van der Waals surface area contributed by atoms with E-state index in [1.54, 1.807) is 25.1 Å². The fourth-order valence-corrected chi connectivity index (χ4v) is 2.73. The number of unbranched alkanes of at least 4 members (excludes halogenated alkanes) is 1. The van der Waals surface area contributed by atoms with Crippen molar-refractivity contribution >= 4 is 34.7 Å². The van der Waals surface area contributed by atoms with E-state index in [0.29, 0.717) is 29.0 Å². The van der Waals surface area contributed by atoms with E-state index in [2.05, 4.69) is 0 Å². The summed E-state index contributed by atoms with van der Waals surface area (Å²) < 4.78 is 10.8. The van der Waals surface area contributed by atoms with Crippen LogP contribution in [0.3, 0.4) is 0 Å². The molecule has 0 bridgehead atoms. The van der Waals surface area contributed by atoms with Crippen LogP contribution in [0.5, 0.6) is 11.5 Å². The summed E-state index contributed by atoms with van der Waals surface area (Å²) in [6.45, 7) is 2.15. The lowest BCUT2D eigenvalue weighted by Crippen LogP contribution is -2.01. The maximum absolute atomic E-state index is 11.8. The molecule has 2 aromatic rings. The fourth-order valence-electron chi connectivity index (χ4n) is 2.41. The average molecular weight is 393 g/mol. The SMILES string of the molecule is CCOC(=O)C=C(CCCCCl)c1ccc(Oc2ccc(Cl)cc2)cc1. The van der Waals surface area contributed by atoms with Crippen LogP contribution < -0.4 is 4.74 Å². The summed E-state index contributed by atoms with van der Waals surface area (Å²) in [5.41, 5.74) is 1.91. The molecule has 26 heavy (non-hydrogen) atoms. The number of allylic oxidation sites excluding steroid dienone is 1. The second-order valence-electron chi connectivity index (χ2n) is 5.65. The lowest BCUT2D eigenvalue weighted by atomic mass is 10.00. The van der Waals surface area contributed by atoms with Crippen molar-refractivity contribution < 1.29 is 14.3 Å². The maximum atomic E-state index is 11.8. The van der Waals surface area contributed by atoms with Crippen molar-refractivity contribution in [2.75, 3.05) is 12.5 Å². The van der Waals surface area contributed by atoms with Crippen LogP contribution in [0.15, 0.2) is 54.6 Å². The summed E-state index contributed by atoms with van der Waals surface area (Å²) in [6, 6.07) is 14.8. The zero-order chi connectivity index (χ0) is 18.8. The maximum Gasteiger partial charge on any atom is 0.331 e. The Morgan fingerprint density at radius 2 is 1.62 bits per heavy atom. The zero-order valence-corrected chi connectivity index (χ0v) is 16.2. The van der Waals surface area contributed by atoms with Crippen molar-refractivity contribution in [2.45, 2.75) is 26.2 Å². The number of esters is 1. The third-order valence-corrected chi connectivity index (χ3v) is 4.20. The van der Waals surface area contributed by atoms with Crippen LogP contribution in [-0.2, 0) is 9.53 Å². The molecule has 0 amide bonds. The Bertz CT molecular complexity index is 722. The van der Waals surface area contributed by atoms with E-state index < -0.39 is 0 Å². The normalized spacial score (nSPS) is 11.3. The first-order chi connectivity index (χ1) is 12.6. The highest BCUT2D eigenvalue weighted by atomic mass is 35.5. The number of hydrogen-bond acceptors (Lipinski definition) is 3. The van der Waals surface area contributed by atoms with Crippen molar-refractivity contribution in [3.05, 3.63) is 65.2 Å². The molecular weight excluding hydrogens is 371 g/mol. The van der Waals surface area contributed by atoms with Crippen LogP contribution in [-0.4, -0.2) is 18.5 Å². The van der Waals surface area contributed by atoms with E-state index in [0.717, 1.165) is 30.4 Å². The Labute approximate surface area is 164 Å². The second kappa shape index (κ2) is 10.9. The van der Waals surface area contributed by atoms with Gasteiger partial charge in [0.25, 0.3) is 0 Å². The number of hydrogen-bond donors (Lipinski definition) is 0. The predicted octanol–water partition coefficient (Wildman–Crippen LogP) is 6.49. The van der Waals surface area contributed by atoms with Gasteiger partial charge in [-0.25, -0.2) is 4.79 Å². The van der Waals surface area contributed by atoms with Crippen molar-refractivity contribution in [2.24, 2.45) is 0 Å². The smallest absolute Gasteiger partial charge is 0.331 e.